The van der Waals surface area contributed by atoms with E-state index in [2.05, 4.69) is 32.6 Å². The number of hydrogen-bond donors (Lipinski definition) is 2. The Morgan fingerprint density at radius 2 is 1.87 bits per heavy atom. The van der Waals surface area contributed by atoms with Crippen LogP contribution in [0.1, 0.15) is 18.4 Å². The summed E-state index contributed by atoms with van der Waals surface area (Å²) < 4.78 is 0. The number of nitrogens with zero attached hydrogens (tertiary/aromatic N) is 2. The van der Waals surface area contributed by atoms with E-state index in [1.807, 2.05) is 18.2 Å². The Hall–Kier alpha value is -1.92. The monoisotopic (exact) mass is 318 g/mol. The second kappa shape index (κ2) is 9.27. The largest absolute Gasteiger partial charge is 0.341 e. The molecule has 0 spiro atoms. The van der Waals surface area contributed by atoms with Crippen molar-refractivity contribution in [3.8, 4) is 0 Å². The lowest BCUT2D eigenvalue weighted by Gasteiger charge is -2.24. The number of benzene rings is 1. The van der Waals surface area contributed by atoms with Gasteiger partial charge in [-0.1, -0.05) is 30.3 Å². The summed E-state index contributed by atoms with van der Waals surface area (Å²) in [6, 6.07) is 9.63. The molecule has 1 aliphatic heterocycles. The summed E-state index contributed by atoms with van der Waals surface area (Å²) in [5.41, 5.74) is 1.17. The summed E-state index contributed by atoms with van der Waals surface area (Å²) in [5, 5.41) is 4.73. The number of carbonyl (C=O) groups is 2. The third-order valence-electron chi connectivity index (χ3n) is 4.03. The topological polar surface area (TPSA) is 64.7 Å². The Morgan fingerprint density at radius 1 is 1.17 bits per heavy atom. The molecule has 2 rings (SSSR count). The second-order valence-corrected chi connectivity index (χ2v) is 5.87. The summed E-state index contributed by atoms with van der Waals surface area (Å²) in [7, 11) is 1.50. The van der Waals surface area contributed by atoms with Crippen molar-refractivity contribution in [3.63, 3.8) is 0 Å². The standard InChI is InChI=1S/C17H26N4O2/c1-18-17(23)19-16(22)14-21(12-11-20-9-5-6-10-20)13-15-7-3-2-4-8-15/h2-4,7-8H,5-6,9-14H2,1H3,(H2,18,19,22,23). The van der Waals surface area contributed by atoms with Crippen molar-refractivity contribution in [1.82, 2.24) is 20.4 Å². The molecule has 1 saturated heterocycles. The highest BCUT2D eigenvalue weighted by Crippen LogP contribution is 2.08. The molecule has 1 aromatic rings. The summed E-state index contributed by atoms with van der Waals surface area (Å²) in [6.07, 6.45) is 2.52. The smallest absolute Gasteiger partial charge is 0.321 e. The summed E-state index contributed by atoms with van der Waals surface area (Å²) in [4.78, 5) is 27.8. The van der Waals surface area contributed by atoms with E-state index in [0.717, 1.165) is 26.2 Å². The molecule has 0 bridgehead atoms. The minimum atomic E-state index is -0.464. The van der Waals surface area contributed by atoms with E-state index in [0.29, 0.717) is 6.54 Å². The molecular formula is C17H26N4O2. The average Bonchev–Trinajstić information content (AvgIpc) is 3.07. The van der Waals surface area contributed by atoms with Crippen LogP contribution in [-0.2, 0) is 11.3 Å². The van der Waals surface area contributed by atoms with E-state index in [1.165, 1.54) is 25.5 Å². The van der Waals surface area contributed by atoms with Gasteiger partial charge in [0.15, 0.2) is 0 Å². The van der Waals surface area contributed by atoms with E-state index < -0.39 is 6.03 Å². The zero-order valence-electron chi connectivity index (χ0n) is 13.8. The summed E-state index contributed by atoms with van der Waals surface area (Å²) >= 11 is 0. The van der Waals surface area contributed by atoms with Gasteiger partial charge < -0.3 is 10.2 Å². The van der Waals surface area contributed by atoms with Crippen LogP contribution in [0.25, 0.3) is 0 Å². The van der Waals surface area contributed by atoms with Gasteiger partial charge in [0.05, 0.1) is 6.54 Å². The number of amides is 3. The van der Waals surface area contributed by atoms with Crippen molar-refractivity contribution >= 4 is 11.9 Å². The van der Waals surface area contributed by atoms with Gasteiger partial charge in [0, 0.05) is 26.7 Å². The minimum Gasteiger partial charge on any atom is -0.341 e. The molecule has 0 atom stereocenters. The van der Waals surface area contributed by atoms with Crippen LogP contribution in [0.5, 0.6) is 0 Å². The lowest BCUT2D eigenvalue weighted by Crippen LogP contribution is -2.44. The molecule has 0 saturated carbocycles. The quantitative estimate of drug-likeness (QED) is 0.788. The highest BCUT2D eigenvalue weighted by atomic mass is 16.2. The van der Waals surface area contributed by atoms with E-state index in [4.69, 9.17) is 0 Å². The van der Waals surface area contributed by atoms with Gasteiger partial charge in [-0.05, 0) is 31.5 Å². The van der Waals surface area contributed by atoms with E-state index >= 15 is 0 Å². The van der Waals surface area contributed by atoms with Crippen LogP contribution >= 0.6 is 0 Å². The van der Waals surface area contributed by atoms with Gasteiger partial charge in [0.1, 0.15) is 0 Å². The third kappa shape index (κ3) is 6.38. The van der Waals surface area contributed by atoms with Gasteiger partial charge in [-0.15, -0.1) is 0 Å². The van der Waals surface area contributed by atoms with Crippen LogP contribution in [0, 0.1) is 0 Å². The molecule has 0 unspecified atom stereocenters. The molecule has 0 radical (unpaired) electrons. The van der Waals surface area contributed by atoms with Gasteiger partial charge in [0.2, 0.25) is 5.91 Å². The molecule has 1 fully saturated rings. The van der Waals surface area contributed by atoms with E-state index in [1.54, 1.807) is 0 Å². The first-order valence-corrected chi connectivity index (χ1v) is 8.17. The van der Waals surface area contributed by atoms with Gasteiger partial charge in [-0.3, -0.25) is 15.0 Å². The van der Waals surface area contributed by atoms with Gasteiger partial charge in [-0.25, -0.2) is 4.79 Å². The zero-order chi connectivity index (χ0) is 16.5. The maximum absolute atomic E-state index is 12.0. The number of carbonyl (C=O) groups excluding carboxylic acids is 2. The van der Waals surface area contributed by atoms with Crippen molar-refractivity contribution in [2.45, 2.75) is 19.4 Å². The van der Waals surface area contributed by atoms with Gasteiger partial charge in [0.25, 0.3) is 0 Å². The Morgan fingerprint density at radius 3 is 2.52 bits per heavy atom. The first-order valence-electron chi connectivity index (χ1n) is 8.17. The lowest BCUT2D eigenvalue weighted by molar-refractivity contribution is -0.121. The number of urea groups is 1. The molecule has 6 heteroatoms. The molecule has 2 N–H and O–H groups in total. The van der Waals surface area contributed by atoms with Crippen LogP contribution in [0.15, 0.2) is 30.3 Å². The van der Waals surface area contributed by atoms with Crippen molar-refractivity contribution in [2.24, 2.45) is 0 Å². The maximum atomic E-state index is 12.0. The molecule has 23 heavy (non-hydrogen) atoms. The number of rotatable bonds is 7. The first-order chi connectivity index (χ1) is 11.2. The van der Waals surface area contributed by atoms with Crippen LogP contribution in [-0.4, -0.2) is 61.5 Å². The van der Waals surface area contributed by atoms with Crippen LogP contribution in [0.3, 0.4) is 0 Å². The fourth-order valence-electron chi connectivity index (χ4n) is 2.78. The molecular weight excluding hydrogens is 292 g/mol. The van der Waals surface area contributed by atoms with Gasteiger partial charge >= 0.3 is 6.03 Å². The van der Waals surface area contributed by atoms with Crippen molar-refractivity contribution in [2.75, 3.05) is 39.8 Å². The molecule has 1 aliphatic rings. The highest BCUT2D eigenvalue weighted by molar-refractivity contribution is 5.95. The van der Waals surface area contributed by atoms with E-state index in [-0.39, 0.29) is 12.5 Å². The van der Waals surface area contributed by atoms with Crippen LogP contribution in [0.2, 0.25) is 0 Å². The van der Waals surface area contributed by atoms with Crippen LogP contribution in [0.4, 0.5) is 4.79 Å². The fourth-order valence-corrected chi connectivity index (χ4v) is 2.78. The molecule has 3 amide bonds. The molecule has 0 aliphatic carbocycles. The first kappa shape index (κ1) is 17.4. The van der Waals surface area contributed by atoms with Crippen molar-refractivity contribution in [3.05, 3.63) is 35.9 Å². The fraction of sp³-hybridized carbons (Fsp3) is 0.529. The maximum Gasteiger partial charge on any atom is 0.321 e. The molecule has 0 aromatic heterocycles. The average molecular weight is 318 g/mol. The molecule has 1 aromatic carbocycles. The van der Waals surface area contributed by atoms with E-state index in [9.17, 15) is 9.59 Å². The SMILES string of the molecule is CNC(=O)NC(=O)CN(CCN1CCCC1)Cc1ccccc1. The number of nitrogens with one attached hydrogen (secondary N) is 2. The second-order valence-electron chi connectivity index (χ2n) is 5.87. The molecule has 6 nitrogen and oxygen atoms in total. The summed E-state index contributed by atoms with van der Waals surface area (Å²) in [6.45, 7) is 4.98. The molecule has 126 valence electrons. The Kier molecular flexibility index (Phi) is 7.03. The number of hydrogen-bond acceptors (Lipinski definition) is 4. The normalized spacial score (nSPS) is 14.9. The predicted octanol–water partition coefficient (Wildman–Crippen LogP) is 1.04. The minimum absolute atomic E-state index is 0.218. The Labute approximate surface area is 137 Å². The number of imide groups is 1. The van der Waals surface area contributed by atoms with Crippen LogP contribution < -0.4 is 10.6 Å². The zero-order valence-corrected chi connectivity index (χ0v) is 13.8. The Bertz CT molecular complexity index is 501. The predicted molar refractivity (Wildman–Crippen MR) is 90.0 cm³/mol. The summed E-state index contributed by atoms with van der Waals surface area (Å²) in [5.74, 6) is -0.276. The van der Waals surface area contributed by atoms with Gasteiger partial charge in [-0.2, -0.15) is 0 Å². The third-order valence-corrected chi connectivity index (χ3v) is 4.03. The number of likely N-dealkylation sites (tertiary alicyclic amines) is 1. The van der Waals surface area contributed by atoms with Crippen molar-refractivity contribution < 1.29 is 9.59 Å². The highest BCUT2D eigenvalue weighted by Gasteiger charge is 2.16. The molecule has 1 heterocycles. The lowest BCUT2D eigenvalue weighted by atomic mass is 10.2. The van der Waals surface area contributed by atoms with Crippen molar-refractivity contribution in [1.29, 1.82) is 0 Å². The Balaban J connectivity index is 1.89.